The first kappa shape index (κ1) is 10.1. The first-order valence-corrected chi connectivity index (χ1v) is 2.97. The summed E-state index contributed by atoms with van der Waals surface area (Å²) < 4.78 is 0. The van der Waals surface area contributed by atoms with E-state index in [1.165, 1.54) is 0 Å². The zero-order valence-electron chi connectivity index (χ0n) is 6.44. The standard InChI is InChI=1S/C8H11.K/c1-8(2)6-4-3-5-7-8;/h3-5H,6H2,1-2H3;/q-1;+1. The minimum atomic E-state index is 0. The SMILES string of the molecule is CC1(C)[C-]=CC=CC1.[K+]. The predicted molar refractivity (Wildman–Crippen MR) is 35.4 cm³/mol. The summed E-state index contributed by atoms with van der Waals surface area (Å²) in [5.74, 6) is 0. The zero-order valence-corrected chi connectivity index (χ0v) is 9.56. The first-order valence-electron chi connectivity index (χ1n) is 2.97. The van der Waals surface area contributed by atoms with Crippen LogP contribution in [0.3, 0.4) is 0 Å². The summed E-state index contributed by atoms with van der Waals surface area (Å²) in [6.45, 7) is 4.38. The molecule has 0 aliphatic heterocycles. The molecule has 0 atom stereocenters. The second-order valence-electron chi connectivity index (χ2n) is 2.83. The zero-order chi connectivity index (χ0) is 6.04. The fourth-order valence-corrected chi connectivity index (χ4v) is 0.763. The van der Waals surface area contributed by atoms with Crippen LogP contribution in [0.25, 0.3) is 0 Å². The van der Waals surface area contributed by atoms with Crippen LogP contribution in [0.5, 0.6) is 0 Å². The molecule has 1 heteroatoms. The number of allylic oxidation sites excluding steroid dienone is 4. The van der Waals surface area contributed by atoms with Crippen molar-refractivity contribution < 1.29 is 51.4 Å². The Bertz CT molecular complexity index is 132. The van der Waals surface area contributed by atoms with Gasteiger partial charge in [-0.1, -0.05) is 25.7 Å². The Morgan fingerprint density at radius 3 is 2.33 bits per heavy atom. The molecule has 1 aliphatic rings. The number of hydrogen-bond acceptors (Lipinski definition) is 0. The van der Waals surface area contributed by atoms with E-state index in [9.17, 15) is 0 Å². The molecular formula is C8H11K. The molecule has 0 aromatic rings. The van der Waals surface area contributed by atoms with Crippen LogP contribution in [-0.4, -0.2) is 0 Å². The predicted octanol–water partition coefficient (Wildman–Crippen LogP) is -0.664. The van der Waals surface area contributed by atoms with Crippen LogP contribution in [0.2, 0.25) is 0 Å². The molecule has 0 amide bonds. The van der Waals surface area contributed by atoms with Crippen LogP contribution in [0.15, 0.2) is 18.2 Å². The Morgan fingerprint density at radius 1 is 1.44 bits per heavy atom. The molecule has 0 N–H and O–H groups in total. The summed E-state index contributed by atoms with van der Waals surface area (Å²) in [5.41, 5.74) is 0.286. The van der Waals surface area contributed by atoms with Gasteiger partial charge < -0.3 is 0 Å². The van der Waals surface area contributed by atoms with E-state index < -0.39 is 0 Å². The Balaban J connectivity index is 0.000000640. The maximum absolute atomic E-state index is 3.25. The van der Waals surface area contributed by atoms with Crippen molar-refractivity contribution in [2.75, 3.05) is 0 Å². The van der Waals surface area contributed by atoms with Gasteiger partial charge in [0.15, 0.2) is 0 Å². The minimum absolute atomic E-state index is 0. The van der Waals surface area contributed by atoms with E-state index in [0.29, 0.717) is 0 Å². The summed E-state index contributed by atoms with van der Waals surface area (Å²) in [7, 11) is 0. The van der Waals surface area contributed by atoms with Gasteiger partial charge in [0, 0.05) is 0 Å². The molecule has 0 aromatic heterocycles. The van der Waals surface area contributed by atoms with Crippen molar-refractivity contribution in [2.45, 2.75) is 20.3 Å². The van der Waals surface area contributed by atoms with E-state index in [1.807, 2.05) is 12.2 Å². The van der Waals surface area contributed by atoms with Gasteiger partial charge in [-0.2, -0.15) is 6.08 Å². The molecule has 0 saturated carbocycles. The van der Waals surface area contributed by atoms with Crippen LogP contribution in [-0.2, 0) is 0 Å². The van der Waals surface area contributed by atoms with Crippen molar-refractivity contribution in [2.24, 2.45) is 5.41 Å². The fraction of sp³-hybridized carbons (Fsp3) is 0.500. The van der Waals surface area contributed by atoms with E-state index in [4.69, 9.17) is 0 Å². The van der Waals surface area contributed by atoms with Crippen LogP contribution < -0.4 is 51.4 Å². The van der Waals surface area contributed by atoms with Gasteiger partial charge in [-0.05, 0) is 0 Å². The molecule has 1 rings (SSSR count). The summed E-state index contributed by atoms with van der Waals surface area (Å²) >= 11 is 0. The maximum atomic E-state index is 3.25. The van der Waals surface area contributed by atoms with Gasteiger partial charge in [-0.3, -0.25) is 6.08 Å². The van der Waals surface area contributed by atoms with Gasteiger partial charge >= 0.3 is 51.4 Å². The van der Waals surface area contributed by atoms with Crippen LogP contribution in [0.1, 0.15) is 20.3 Å². The van der Waals surface area contributed by atoms with Gasteiger partial charge in [0.05, 0.1) is 0 Å². The van der Waals surface area contributed by atoms with Crippen LogP contribution in [0.4, 0.5) is 0 Å². The third kappa shape index (κ3) is 3.74. The number of hydrogen-bond donors (Lipinski definition) is 0. The van der Waals surface area contributed by atoms with Gasteiger partial charge in [-0.25, -0.2) is 12.2 Å². The van der Waals surface area contributed by atoms with Crippen molar-refractivity contribution in [3.05, 3.63) is 24.3 Å². The third-order valence-electron chi connectivity index (χ3n) is 1.33. The Hall–Kier alpha value is 1.12. The normalized spacial score (nSPS) is 21.1. The Morgan fingerprint density at radius 2 is 2.11 bits per heavy atom. The number of rotatable bonds is 0. The average molecular weight is 146 g/mol. The molecule has 0 unspecified atom stereocenters. The Kier molecular flexibility index (Phi) is 4.60. The first-order chi connectivity index (χ1) is 3.71. The van der Waals surface area contributed by atoms with Gasteiger partial charge in [0.1, 0.15) is 0 Å². The molecule has 44 valence electrons. The molecule has 0 fully saturated rings. The second-order valence-corrected chi connectivity index (χ2v) is 2.83. The molecule has 0 radical (unpaired) electrons. The average Bonchev–Trinajstić information content (AvgIpc) is 1.65. The summed E-state index contributed by atoms with van der Waals surface area (Å²) in [6, 6.07) is 0. The van der Waals surface area contributed by atoms with E-state index in [-0.39, 0.29) is 56.8 Å². The van der Waals surface area contributed by atoms with Crippen LogP contribution in [0, 0.1) is 11.5 Å². The molecule has 0 saturated heterocycles. The minimum Gasteiger partial charge on any atom is -0.269 e. The van der Waals surface area contributed by atoms with Crippen molar-refractivity contribution >= 4 is 0 Å². The second kappa shape index (κ2) is 4.09. The van der Waals surface area contributed by atoms with Gasteiger partial charge in [-0.15, -0.1) is 0 Å². The molecule has 0 bridgehead atoms. The van der Waals surface area contributed by atoms with Crippen molar-refractivity contribution in [1.82, 2.24) is 0 Å². The summed E-state index contributed by atoms with van der Waals surface area (Å²) in [5, 5.41) is 0. The molecule has 1 aliphatic carbocycles. The monoisotopic (exact) mass is 146 g/mol. The van der Waals surface area contributed by atoms with E-state index in [2.05, 4.69) is 26.0 Å². The summed E-state index contributed by atoms with van der Waals surface area (Å²) in [6.07, 6.45) is 10.6. The van der Waals surface area contributed by atoms with Crippen molar-refractivity contribution in [3.8, 4) is 0 Å². The molecule has 0 heterocycles. The molecular weight excluding hydrogens is 135 g/mol. The molecule has 9 heavy (non-hydrogen) atoms. The van der Waals surface area contributed by atoms with E-state index in [1.54, 1.807) is 0 Å². The molecule has 0 nitrogen and oxygen atoms in total. The maximum Gasteiger partial charge on any atom is 1.00 e. The Labute approximate surface area is 99.8 Å². The van der Waals surface area contributed by atoms with E-state index in [0.717, 1.165) is 6.42 Å². The fourth-order valence-electron chi connectivity index (χ4n) is 0.763. The van der Waals surface area contributed by atoms with E-state index >= 15 is 0 Å². The smallest absolute Gasteiger partial charge is 0.269 e. The third-order valence-corrected chi connectivity index (χ3v) is 1.33. The molecule has 0 spiro atoms. The quantitative estimate of drug-likeness (QED) is 0.314. The molecule has 0 aromatic carbocycles. The van der Waals surface area contributed by atoms with Gasteiger partial charge in [0.2, 0.25) is 0 Å². The van der Waals surface area contributed by atoms with Gasteiger partial charge in [0.25, 0.3) is 0 Å². The van der Waals surface area contributed by atoms with Crippen LogP contribution >= 0.6 is 0 Å². The van der Waals surface area contributed by atoms with Crippen molar-refractivity contribution in [1.29, 1.82) is 0 Å². The largest absolute Gasteiger partial charge is 1.00 e. The van der Waals surface area contributed by atoms with Crippen molar-refractivity contribution in [3.63, 3.8) is 0 Å². The summed E-state index contributed by atoms with van der Waals surface area (Å²) in [4.78, 5) is 0. The topological polar surface area (TPSA) is 0 Å².